The largest absolute Gasteiger partial charge is 0.416 e. The molecule has 0 spiro atoms. The van der Waals surface area contributed by atoms with E-state index < -0.39 is 11.7 Å². The van der Waals surface area contributed by atoms with Gasteiger partial charge in [-0.15, -0.1) is 0 Å². The quantitative estimate of drug-likeness (QED) is 0.462. The number of halogens is 3. The van der Waals surface area contributed by atoms with Crippen LogP contribution >= 0.6 is 0 Å². The Bertz CT molecular complexity index is 1210. The van der Waals surface area contributed by atoms with Gasteiger partial charge in [0, 0.05) is 23.6 Å². The molecule has 2 heterocycles. The first-order chi connectivity index (χ1) is 15.4. The fourth-order valence-electron chi connectivity index (χ4n) is 3.10. The van der Waals surface area contributed by atoms with Crippen LogP contribution in [0.25, 0.3) is 11.4 Å². The minimum atomic E-state index is -4.41. The van der Waals surface area contributed by atoms with Crippen molar-refractivity contribution >= 4 is 11.6 Å². The third-order valence-corrected chi connectivity index (χ3v) is 4.69. The molecular weight excluding hydrogens is 421 g/mol. The van der Waals surface area contributed by atoms with Crippen LogP contribution < -0.4 is 5.32 Å². The maximum absolute atomic E-state index is 12.7. The number of nitrogens with zero attached hydrogens (tertiary/aromatic N) is 3. The van der Waals surface area contributed by atoms with Crippen molar-refractivity contribution in [1.82, 2.24) is 15.1 Å². The Balaban J connectivity index is 1.43. The van der Waals surface area contributed by atoms with Crippen molar-refractivity contribution in [3.63, 3.8) is 0 Å². The average Bonchev–Trinajstić information content (AvgIpc) is 3.24. The summed E-state index contributed by atoms with van der Waals surface area (Å²) in [6.45, 7) is 0. The van der Waals surface area contributed by atoms with Gasteiger partial charge in [-0.05, 0) is 41.5 Å². The number of carbonyl (C=O) groups excluding carboxylic acids is 1. The number of rotatable bonds is 6. The molecule has 0 saturated carbocycles. The summed E-state index contributed by atoms with van der Waals surface area (Å²) in [5.74, 6) is 0.465. The summed E-state index contributed by atoms with van der Waals surface area (Å²) >= 11 is 0. The van der Waals surface area contributed by atoms with Crippen molar-refractivity contribution in [3.05, 3.63) is 95.6 Å². The molecule has 162 valence electrons. The van der Waals surface area contributed by atoms with Crippen molar-refractivity contribution in [2.24, 2.45) is 0 Å². The van der Waals surface area contributed by atoms with Crippen LogP contribution in [0, 0.1) is 0 Å². The fourth-order valence-corrected chi connectivity index (χ4v) is 3.10. The SMILES string of the molecule is O=C(Cc1ccc(C(F)(F)F)cc1)Nc1ccccc1Cc1nc(-c2ccncc2)no1. The number of nitrogens with one attached hydrogen (secondary N) is 1. The van der Waals surface area contributed by atoms with Crippen LogP contribution in [0.15, 0.2) is 77.6 Å². The number of pyridine rings is 1. The molecule has 4 rings (SSSR count). The molecule has 0 aliphatic rings. The molecule has 0 fully saturated rings. The van der Waals surface area contributed by atoms with Gasteiger partial charge in [0.25, 0.3) is 0 Å². The Hall–Kier alpha value is -4.01. The van der Waals surface area contributed by atoms with Crippen molar-refractivity contribution in [1.29, 1.82) is 0 Å². The number of hydrogen-bond donors (Lipinski definition) is 1. The zero-order valence-corrected chi connectivity index (χ0v) is 16.6. The average molecular weight is 438 g/mol. The Labute approximate surface area is 181 Å². The van der Waals surface area contributed by atoms with Crippen molar-refractivity contribution in [2.45, 2.75) is 19.0 Å². The van der Waals surface area contributed by atoms with E-state index >= 15 is 0 Å². The smallest absolute Gasteiger partial charge is 0.339 e. The van der Waals surface area contributed by atoms with Gasteiger partial charge >= 0.3 is 6.18 Å². The molecule has 2 aromatic carbocycles. The predicted molar refractivity (Wildman–Crippen MR) is 111 cm³/mol. The lowest BCUT2D eigenvalue weighted by Gasteiger charge is -2.11. The number of carbonyl (C=O) groups is 1. The Kier molecular flexibility index (Phi) is 5.98. The van der Waals surface area contributed by atoms with Crippen LogP contribution in [0.1, 0.15) is 22.6 Å². The molecule has 0 aliphatic heterocycles. The summed E-state index contributed by atoms with van der Waals surface area (Å²) in [5, 5.41) is 6.78. The highest BCUT2D eigenvalue weighted by atomic mass is 19.4. The lowest BCUT2D eigenvalue weighted by molar-refractivity contribution is -0.137. The van der Waals surface area contributed by atoms with Gasteiger partial charge in [-0.25, -0.2) is 0 Å². The molecule has 0 bridgehead atoms. The molecule has 0 saturated heterocycles. The molecular formula is C23H17F3N4O2. The van der Waals surface area contributed by atoms with Crippen molar-refractivity contribution in [2.75, 3.05) is 5.32 Å². The van der Waals surface area contributed by atoms with Crippen molar-refractivity contribution in [3.8, 4) is 11.4 Å². The summed E-state index contributed by atoms with van der Waals surface area (Å²) in [6.07, 6.45) is -0.903. The first-order valence-electron chi connectivity index (χ1n) is 9.65. The van der Waals surface area contributed by atoms with Gasteiger partial charge in [-0.1, -0.05) is 35.5 Å². The summed E-state index contributed by atoms with van der Waals surface area (Å²) < 4.78 is 43.4. The third kappa shape index (κ3) is 5.18. The standard InChI is InChI=1S/C23H17F3N4O2/c24-23(25,26)18-7-5-15(6-8-18)13-20(31)28-19-4-2-1-3-17(19)14-21-29-22(30-32-21)16-9-11-27-12-10-16/h1-12H,13-14H2,(H,28,31). The Morgan fingerprint density at radius 3 is 2.41 bits per heavy atom. The van der Waals surface area contributed by atoms with E-state index in [-0.39, 0.29) is 12.3 Å². The van der Waals surface area contributed by atoms with Gasteiger partial charge in [0.15, 0.2) is 0 Å². The Morgan fingerprint density at radius 2 is 1.69 bits per heavy atom. The second kappa shape index (κ2) is 9.01. The Morgan fingerprint density at radius 1 is 0.969 bits per heavy atom. The molecule has 1 N–H and O–H groups in total. The van der Waals surface area contributed by atoms with E-state index in [1.165, 1.54) is 12.1 Å². The molecule has 4 aromatic rings. The van der Waals surface area contributed by atoms with E-state index in [2.05, 4.69) is 20.4 Å². The van der Waals surface area contributed by atoms with E-state index in [1.807, 2.05) is 12.1 Å². The van der Waals surface area contributed by atoms with Gasteiger partial charge in [-0.2, -0.15) is 18.2 Å². The number of alkyl halides is 3. The minimum Gasteiger partial charge on any atom is -0.339 e. The van der Waals surface area contributed by atoms with Crippen LogP contribution in [0.3, 0.4) is 0 Å². The maximum atomic E-state index is 12.7. The molecule has 9 heteroatoms. The highest BCUT2D eigenvalue weighted by molar-refractivity contribution is 5.93. The number of amides is 1. The molecule has 0 aliphatic carbocycles. The van der Waals surface area contributed by atoms with E-state index in [1.54, 1.807) is 36.7 Å². The number of benzene rings is 2. The monoisotopic (exact) mass is 438 g/mol. The summed E-state index contributed by atoms with van der Waals surface area (Å²) in [7, 11) is 0. The van der Waals surface area contributed by atoms with Gasteiger partial charge < -0.3 is 9.84 Å². The molecule has 1 amide bonds. The summed E-state index contributed by atoms with van der Waals surface area (Å²) in [4.78, 5) is 20.8. The minimum absolute atomic E-state index is 0.0563. The summed E-state index contributed by atoms with van der Waals surface area (Å²) in [6, 6.07) is 15.2. The van der Waals surface area contributed by atoms with Crippen LogP contribution in [-0.2, 0) is 23.8 Å². The first-order valence-corrected chi connectivity index (χ1v) is 9.65. The molecule has 0 radical (unpaired) electrons. The van der Waals surface area contributed by atoms with Crippen LogP contribution in [0.4, 0.5) is 18.9 Å². The van der Waals surface area contributed by atoms with Crippen LogP contribution in [0.5, 0.6) is 0 Å². The van der Waals surface area contributed by atoms with Crippen molar-refractivity contribution < 1.29 is 22.5 Å². The lowest BCUT2D eigenvalue weighted by Crippen LogP contribution is -2.16. The normalized spacial score (nSPS) is 11.3. The lowest BCUT2D eigenvalue weighted by atomic mass is 10.1. The van der Waals surface area contributed by atoms with Gasteiger partial charge in [0.1, 0.15) is 0 Å². The molecule has 6 nitrogen and oxygen atoms in total. The molecule has 0 atom stereocenters. The van der Waals surface area contributed by atoms with E-state index in [0.29, 0.717) is 29.4 Å². The predicted octanol–water partition coefficient (Wildman–Crippen LogP) is 4.92. The zero-order chi connectivity index (χ0) is 22.6. The summed E-state index contributed by atoms with van der Waals surface area (Å²) in [5.41, 5.74) is 1.82. The van der Waals surface area contributed by atoms with Gasteiger partial charge in [-0.3, -0.25) is 9.78 Å². The second-order valence-corrected chi connectivity index (χ2v) is 7.00. The maximum Gasteiger partial charge on any atom is 0.416 e. The molecule has 2 aromatic heterocycles. The first kappa shape index (κ1) is 21.2. The highest BCUT2D eigenvalue weighted by Crippen LogP contribution is 2.29. The van der Waals surface area contributed by atoms with Gasteiger partial charge in [0.05, 0.1) is 18.4 Å². The number of anilines is 1. The number of aromatic nitrogens is 3. The van der Waals surface area contributed by atoms with E-state index in [9.17, 15) is 18.0 Å². The second-order valence-electron chi connectivity index (χ2n) is 7.00. The van der Waals surface area contributed by atoms with Gasteiger partial charge in [0.2, 0.25) is 17.6 Å². The third-order valence-electron chi connectivity index (χ3n) is 4.69. The molecule has 32 heavy (non-hydrogen) atoms. The highest BCUT2D eigenvalue weighted by Gasteiger charge is 2.30. The topological polar surface area (TPSA) is 80.9 Å². The van der Waals surface area contributed by atoms with Crippen LogP contribution in [-0.4, -0.2) is 21.0 Å². The fraction of sp³-hybridized carbons (Fsp3) is 0.130. The molecule has 0 unspecified atom stereocenters. The number of para-hydroxylation sites is 1. The van der Waals surface area contributed by atoms with Crippen LogP contribution in [0.2, 0.25) is 0 Å². The zero-order valence-electron chi connectivity index (χ0n) is 16.6. The van der Waals surface area contributed by atoms with E-state index in [0.717, 1.165) is 23.3 Å². The van der Waals surface area contributed by atoms with E-state index in [4.69, 9.17) is 4.52 Å². The number of hydrogen-bond acceptors (Lipinski definition) is 5.